The molecule has 1 spiro atoms. The Morgan fingerprint density at radius 1 is 1.25 bits per heavy atom. The molecule has 0 aliphatic carbocycles. The molecule has 5 nitrogen and oxygen atoms in total. The highest BCUT2D eigenvalue weighted by atomic mass is 79.9. The van der Waals surface area contributed by atoms with Gasteiger partial charge in [-0.05, 0) is 30.3 Å². The number of rotatable bonds is 0. The van der Waals surface area contributed by atoms with Gasteiger partial charge in [-0.1, -0.05) is 15.9 Å². The van der Waals surface area contributed by atoms with Gasteiger partial charge in [0.2, 0.25) is 5.88 Å². The zero-order chi connectivity index (χ0) is 13.7. The van der Waals surface area contributed by atoms with Crippen LogP contribution < -0.4 is 10.5 Å². The van der Waals surface area contributed by atoms with Gasteiger partial charge in [0.05, 0.1) is 5.56 Å². The third-order valence-electron chi connectivity index (χ3n) is 3.54. The summed E-state index contributed by atoms with van der Waals surface area (Å²) < 4.78 is 12.2. The molecule has 3 heterocycles. The van der Waals surface area contributed by atoms with E-state index in [-0.39, 0.29) is 6.02 Å². The van der Waals surface area contributed by atoms with Crippen LogP contribution in [0.4, 0.5) is 0 Å². The van der Waals surface area contributed by atoms with Gasteiger partial charge in [0.25, 0.3) is 6.02 Å². The van der Waals surface area contributed by atoms with Crippen LogP contribution >= 0.6 is 15.9 Å². The van der Waals surface area contributed by atoms with Crippen molar-refractivity contribution >= 4 is 22.0 Å². The number of halogens is 1. The zero-order valence-corrected chi connectivity index (χ0v) is 11.9. The first-order valence-electron chi connectivity index (χ1n) is 6.10. The van der Waals surface area contributed by atoms with Gasteiger partial charge < -0.3 is 15.2 Å². The lowest BCUT2D eigenvalue weighted by Gasteiger charge is -2.32. The van der Waals surface area contributed by atoms with Gasteiger partial charge in [0, 0.05) is 16.2 Å². The molecule has 0 radical (unpaired) electrons. The van der Waals surface area contributed by atoms with Gasteiger partial charge >= 0.3 is 0 Å². The number of fused-ring (bicyclic) bond motifs is 4. The number of benzene rings is 1. The van der Waals surface area contributed by atoms with Crippen molar-refractivity contribution < 1.29 is 9.47 Å². The normalized spacial score (nSPS) is 22.6. The van der Waals surface area contributed by atoms with E-state index in [0.29, 0.717) is 12.5 Å². The Labute approximate surface area is 123 Å². The number of hydrogen-bond donors (Lipinski definition) is 1. The van der Waals surface area contributed by atoms with Crippen LogP contribution in [0.25, 0.3) is 0 Å². The van der Waals surface area contributed by atoms with E-state index in [9.17, 15) is 0 Å². The molecule has 0 amide bonds. The van der Waals surface area contributed by atoms with Crippen molar-refractivity contribution in [2.45, 2.75) is 5.54 Å². The van der Waals surface area contributed by atoms with Crippen molar-refractivity contribution in [1.82, 2.24) is 4.98 Å². The summed E-state index contributed by atoms with van der Waals surface area (Å²) in [7, 11) is 0. The Balaban J connectivity index is 2.05. The number of amidine groups is 1. The number of nitrogens with zero attached hydrogens (tertiary/aromatic N) is 2. The monoisotopic (exact) mass is 331 g/mol. The standard InChI is InChI=1S/C14H10BrN3O2/c15-8-3-4-11-10(6-8)14(7-19-13(16)18-14)9-2-1-5-17-12(9)20-11/h1-6H,7H2,(H2,16,18)/t14-/m0/s1. The molecule has 0 bridgehead atoms. The van der Waals surface area contributed by atoms with Gasteiger partial charge in [-0.2, -0.15) is 0 Å². The van der Waals surface area contributed by atoms with E-state index in [1.165, 1.54) is 0 Å². The van der Waals surface area contributed by atoms with Crippen LogP contribution in [-0.2, 0) is 10.3 Å². The molecule has 1 atom stereocenters. The Morgan fingerprint density at radius 2 is 2.15 bits per heavy atom. The lowest BCUT2D eigenvalue weighted by Crippen LogP contribution is -2.31. The molecule has 2 aromatic rings. The van der Waals surface area contributed by atoms with Gasteiger partial charge in [-0.3, -0.25) is 0 Å². The van der Waals surface area contributed by atoms with Crippen molar-refractivity contribution in [1.29, 1.82) is 0 Å². The van der Waals surface area contributed by atoms with Crippen LogP contribution in [0.3, 0.4) is 0 Å². The smallest absolute Gasteiger partial charge is 0.283 e. The number of hydrogen-bond acceptors (Lipinski definition) is 5. The molecule has 2 N–H and O–H groups in total. The Kier molecular flexibility index (Phi) is 2.32. The minimum Gasteiger partial charge on any atom is -0.462 e. The molecule has 2 aliphatic rings. The van der Waals surface area contributed by atoms with Gasteiger partial charge in [-0.25, -0.2) is 9.98 Å². The molecular weight excluding hydrogens is 322 g/mol. The maximum atomic E-state index is 5.86. The fourth-order valence-electron chi connectivity index (χ4n) is 2.66. The van der Waals surface area contributed by atoms with Crippen molar-refractivity contribution in [2.24, 2.45) is 10.7 Å². The summed E-state index contributed by atoms with van der Waals surface area (Å²) in [6, 6.07) is 9.78. The average molecular weight is 332 g/mol. The summed E-state index contributed by atoms with van der Waals surface area (Å²) in [4.78, 5) is 8.82. The molecule has 6 heteroatoms. The minimum absolute atomic E-state index is 0.188. The van der Waals surface area contributed by atoms with E-state index in [1.54, 1.807) is 6.20 Å². The summed E-state index contributed by atoms with van der Waals surface area (Å²) in [6.07, 6.45) is 1.69. The first-order valence-corrected chi connectivity index (χ1v) is 6.90. The van der Waals surface area contributed by atoms with E-state index in [2.05, 4.69) is 25.9 Å². The second-order valence-electron chi connectivity index (χ2n) is 4.70. The predicted molar refractivity (Wildman–Crippen MR) is 76.8 cm³/mol. The largest absolute Gasteiger partial charge is 0.462 e. The van der Waals surface area contributed by atoms with Crippen molar-refractivity contribution in [3.63, 3.8) is 0 Å². The zero-order valence-electron chi connectivity index (χ0n) is 10.3. The van der Waals surface area contributed by atoms with Crippen molar-refractivity contribution in [2.75, 3.05) is 6.61 Å². The van der Waals surface area contributed by atoms with E-state index >= 15 is 0 Å². The fraction of sp³-hybridized carbons (Fsp3) is 0.143. The van der Waals surface area contributed by atoms with Crippen LogP contribution in [0.1, 0.15) is 11.1 Å². The highest BCUT2D eigenvalue weighted by Crippen LogP contribution is 2.50. The van der Waals surface area contributed by atoms with Crippen molar-refractivity contribution in [3.8, 4) is 11.6 Å². The van der Waals surface area contributed by atoms with Crippen LogP contribution in [0.5, 0.6) is 11.6 Å². The summed E-state index contributed by atoms with van der Waals surface area (Å²) in [5.74, 6) is 1.27. The molecule has 2 aliphatic heterocycles. The maximum Gasteiger partial charge on any atom is 0.283 e. The third kappa shape index (κ3) is 1.48. The molecule has 0 unspecified atom stereocenters. The Bertz CT molecular complexity index is 747. The van der Waals surface area contributed by atoms with Gasteiger partial charge in [-0.15, -0.1) is 0 Å². The van der Waals surface area contributed by atoms with Crippen LogP contribution in [0.15, 0.2) is 46.0 Å². The third-order valence-corrected chi connectivity index (χ3v) is 4.03. The Hall–Kier alpha value is -2.08. The quantitative estimate of drug-likeness (QED) is 0.805. The molecule has 0 fully saturated rings. The second kappa shape index (κ2) is 3.96. The molecule has 4 rings (SSSR count). The lowest BCUT2D eigenvalue weighted by molar-refractivity contribution is 0.262. The van der Waals surface area contributed by atoms with Crippen molar-refractivity contribution in [3.05, 3.63) is 52.1 Å². The molecule has 1 aromatic heterocycles. The number of aliphatic imine (C=N–C) groups is 1. The topological polar surface area (TPSA) is 69.7 Å². The first kappa shape index (κ1) is 11.7. The summed E-state index contributed by atoms with van der Waals surface area (Å²) in [5.41, 5.74) is 6.86. The number of pyridine rings is 1. The van der Waals surface area contributed by atoms with Crippen LogP contribution in [-0.4, -0.2) is 17.6 Å². The summed E-state index contributed by atoms with van der Waals surface area (Å²) in [6.45, 7) is 0.352. The van der Waals surface area contributed by atoms with Gasteiger partial charge in [0.15, 0.2) is 5.54 Å². The van der Waals surface area contributed by atoms with Crippen LogP contribution in [0.2, 0.25) is 0 Å². The molecule has 20 heavy (non-hydrogen) atoms. The molecular formula is C14H10BrN3O2. The number of nitrogens with two attached hydrogens (primary N) is 1. The van der Waals surface area contributed by atoms with E-state index in [4.69, 9.17) is 15.2 Å². The predicted octanol–water partition coefficient (Wildman–Crippen LogP) is 2.54. The van der Waals surface area contributed by atoms with E-state index < -0.39 is 5.54 Å². The minimum atomic E-state index is -0.676. The number of aromatic nitrogens is 1. The number of ether oxygens (including phenoxy) is 2. The van der Waals surface area contributed by atoms with Gasteiger partial charge in [0.1, 0.15) is 12.4 Å². The molecule has 1 aromatic carbocycles. The average Bonchev–Trinajstić information content (AvgIpc) is 2.84. The maximum absolute atomic E-state index is 5.86. The molecule has 0 saturated heterocycles. The lowest BCUT2D eigenvalue weighted by atomic mass is 9.83. The van der Waals surface area contributed by atoms with E-state index in [0.717, 1.165) is 21.3 Å². The summed E-state index contributed by atoms with van der Waals surface area (Å²) >= 11 is 3.48. The molecule has 0 saturated carbocycles. The highest BCUT2D eigenvalue weighted by molar-refractivity contribution is 9.10. The van der Waals surface area contributed by atoms with E-state index in [1.807, 2.05) is 30.3 Å². The second-order valence-corrected chi connectivity index (χ2v) is 5.61. The summed E-state index contributed by atoms with van der Waals surface area (Å²) in [5, 5.41) is 0. The Morgan fingerprint density at radius 3 is 2.95 bits per heavy atom. The molecule has 100 valence electrons. The first-order chi connectivity index (χ1) is 9.69. The highest BCUT2D eigenvalue weighted by Gasteiger charge is 2.47. The SMILES string of the molecule is NC1=N[C@]2(CO1)c1cc(Br)ccc1Oc1ncccc12. The fourth-order valence-corrected chi connectivity index (χ4v) is 3.02. The van der Waals surface area contributed by atoms with Crippen LogP contribution in [0, 0.1) is 0 Å².